The Bertz CT molecular complexity index is 609. The number of rotatable bonds is 6. The first-order valence-electron chi connectivity index (χ1n) is 7.90. The number of carbonyl (C=O) groups excluding carboxylic acids is 2. The second kappa shape index (κ2) is 8.44. The van der Waals surface area contributed by atoms with Gasteiger partial charge in [0.25, 0.3) is 0 Å². The number of likely N-dealkylation sites (N-methyl/N-ethyl adjacent to an activating group) is 1. The Labute approximate surface area is 140 Å². The van der Waals surface area contributed by atoms with E-state index >= 15 is 0 Å². The van der Waals surface area contributed by atoms with Crippen LogP contribution in [0, 0.1) is 0 Å². The molecule has 0 atom stereocenters. The van der Waals surface area contributed by atoms with Crippen LogP contribution in [0.2, 0.25) is 0 Å². The van der Waals surface area contributed by atoms with Gasteiger partial charge in [0.05, 0.1) is 12.0 Å². The summed E-state index contributed by atoms with van der Waals surface area (Å²) in [5, 5.41) is 9.08. The molecule has 1 aromatic carbocycles. The summed E-state index contributed by atoms with van der Waals surface area (Å²) in [5.74, 6) is -1.62. The van der Waals surface area contributed by atoms with Gasteiger partial charge in [-0.15, -0.1) is 0 Å². The lowest BCUT2D eigenvalue weighted by atomic mass is 10.1. The van der Waals surface area contributed by atoms with Crippen molar-refractivity contribution in [3.05, 3.63) is 35.4 Å². The van der Waals surface area contributed by atoms with Gasteiger partial charge in [-0.2, -0.15) is 0 Å². The van der Waals surface area contributed by atoms with Gasteiger partial charge in [-0.1, -0.05) is 18.2 Å². The van der Waals surface area contributed by atoms with E-state index in [1.54, 1.807) is 23.1 Å². The van der Waals surface area contributed by atoms with Crippen molar-refractivity contribution >= 4 is 17.8 Å². The molecule has 24 heavy (non-hydrogen) atoms. The number of benzene rings is 1. The number of carbonyl (C=O) groups is 3. The number of hydrogen-bond donors (Lipinski definition) is 1. The van der Waals surface area contributed by atoms with Gasteiger partial charge in [0.1, 0.15) is 6.61 Å². The molecule has 0 aliphatic carbocycles. The van der Waals surface area contributed by atoms with Crippen LogP contribution in [0.1, 0.15) is 28.8 Å². The number of ether oxygens (including phenoxy) is 1. The number of nitrogens with zero attached hydrogens (tertiary/aromatic N) is 2. The highest BCUT2D eigenvalue weighted by Crippen LogP contribution is 2.11. The molecule has 0 bridgehead atoms. The van der Waals surface area contributed by atoms with E-state index in [-0.39, 0.29) is 30.9 Å². The summed E-state index contributed by atoms with van der Waals surface area (Å²) in [6, 6.07) is 6.37. The first-order valence-corrected chi connectivity index (χ1v) is 7.90. The minimum atomic E-state index is -1.06. The molecule has 2 rings (SSSR count). The van der Waals surface area contributed by atoms with E-state index < -0.39 is 11.9 Å². The van der Waals surface area contributed by atoms with E-state index in [0.29, 0.717) is 18.7 Å². The van der Waals surface area contributed by atoms with Crippen molar-refractivity contribution in [1.82, 2.24) is 9.80 Å². The van der Waals surface area contributed by atoms with E-state index in [9.17, 15) is 14.4 Å². The summed E-state index contributed by atoms with van der Waals surface area (Å²) < 4.78 is 5.09. The average molecular weight is 334 g/mol. The molecule has 1 aromatic rings. The van der Waals surface area contributed by atoms with Crippen molar-refractivity contribution < 1.29 is 24.2 Å². The summed E-state index contributed by atoms with van der Waals surface area (Å²) in [6.45, 7) is 2.92. The molecular weight excluding hydrogens is 312 g/mol. The normalized spacial score (nSPS) is 15.1. The quantitative estimate of drug-likeness (QED) is 0.781. The lowest BCUT2D eigenvalue weighted by Crippen LogP contribution is -2.47. The van der Waals surface area contributed by atoms with Crippen molar-refractivity contribution in [2.24, 2.45) is 0 Å². The van der Waals surface area contributed by atoms with Crippen molar-refractivity contribution in [2.45, 2.75) is 19.4 Å². The molecule has 7 heteroatoms. The van der Waals surface area contributed by atoms with E-state index in [2.05, 4.69) is 4.90 Å². The Morgan fingerprint density at radius 3 is 2.42 bits per heavy atom. The Balaban J connectivity index is 1.76. The second-order valence-electron chi connectivity index (χ2n) is 5.81. The Kier molecular flexibility index (Phi) is 6.31. The van der Waals surface area contributed by atoms with E-state index in [0.717, 1.165) is 13.1 Å². The van der Waals surface area contributed by atoms with Crippen LogP contribution < -0.4 is 0 Å². The molecule has 1 N–H and O–H groups in total. The molecule has 1 saturated heterocycles. The average Bonchev–Trinajstić information content (AvgIpc) is 2.58. The molecule has 0 radical (unpaired) electrons. The summed E-state index contributed by atoms with van der Waals surface area (Å²) in [4.78, 5) is 38.8. The summed E-state index contributed by atoms with van der Waals surface area (Å²) in [6.07, 6.45) is 0.115. The first kappa shape index (κ1) is 17.9. The van der Waals surface area contributed by atoms with Crippen LogP contribution in [0.25, 0.3) is 0 Å². The SMILES string of the molecule is CN1CCN(C(=O)CCC(=O)OCc2ccccc2C(=O)O)CC1. The summed E-state index contributed by atoms with van der Waals surface area (Å²) in [5.41, 5.74) is 0.544. The molecule has 0 spiro atoms. The topological polar surface area (TPSA) is 87.2 Å². The molecule has 1 fully saturated rings. The van der Waals surface area contributed by atoms with E-state index in [4.69, 9.17) is 9.84 Å². The maximum atomic E-state index is 12.0. The molecule has 0 aromatic heterocycles. The zero-order chi connectivity index (χ0) is 17.5. The van der Waals surface area contributed by atoms with Crippen molar-refractivity contribution in [2.75, 3.05) is 33.2 Å². The van der Waals surface area contributed by atoms with Crippen molar-refractivity contribution in [1.29, 1.82) is 0 Å². The molecule has 0 unspecified atom stereocenters. The lowest BCUT2D eigenvalue weighted by molar-refractivity contribution is -0.147. The number of amides is 1. The Morgan fingerprint density at radius 1 is 1.08 bits per heavy atom. The van der Waals surface area contributed by atoms with Gasteiger partial charge in [-0.3, -0.25) is 9.59 Å². The first-order chi connectivity index (χ1) is 11.5. The smallest absolute Gasteiger partial charge is 0.336 e. The maximum Gasteiger partial charge on any atom is 0.336 e. The standard InChI is InChI=1S/C17H22N2O5/c1-18-8-10-19(11-9-18)15(20)6-7-16(21)24-12-13-4-2-3-5-14(13)17(22)23/h2-5H,6-12H2,1H3,(H,22,23). The number of carboxylic acids is 1. The van der Waals surface area contributed by atoms with Crippen LogP contribution in [0.4, 0.5) is 0 Å². The van der Waals surface area contributed by atoms with Gasteiger partial charge >= 0.3 is 11.9 Å². The fraction of sp³-hybridized carbons (Fsp3) is 0.471. The van der Waals surface area contributed by atoms with Gasteiger partial charge in [-0.25, -0.2) is 4.79 Å². The summed E-state index contributed by atoms with van der Waals surface area (Å²) in [7, 11) is 2.01. The van der Waals surface area contributed by atoms with Crippen molar-refractivity contribution in [3.63, 3.8) is 0 Å². The van der Waals surface area contributed by atoms with Gasteiger partial charge < -0.3 is 19.6 Å². The number of carboxylic acid groups (broad SMARTS) is 1. The van der Waals surface area contributed by atoms with Gasteiger partial charge in [0.15, 0.2) is 0 Å². The highest BCUT2D eigenvalue weighted by Gasteiger charge is 2.20. The van der Waals surface area contributed by atoms with Crippen LogP contribution in [0.3, 0.4) is 0 Å². The van der Waals surface area contributed by atoms with Crippen LogP contribution in [-0.2, 0) is 20.9 Å². The van der Waals surface area contributed by atoms with Gasteiger partial charge in [0, 0.05) is 38.2 Å². The van der Waals surface area contributed by atoms with E-state index in [1.165, 1.54) is 6.07 Å². The Morgan fingerprint density at radius 2 is 1.75 bits per heavy atom. The zero-order valence-electron chi connectivity index (χ0n) is 13.7. The molecular formula is C17H22N2O5. The Hall–Kier alpha value is -2.41. The van der Waals surface area contributed by atoms with Crippen LogP contribution in [0.5, 0.6) is 0 Å². The lowest BCUT2D eigenvalue weighted by Gasteiger charge is -2.32. The zero-order valence-corrected chi connectivity index (χ0v) is 13.7. The highest BCUT2D eigenvalue weighted by molar-refractivity contribution is 5.89. The monoisotopic (exact) mass is 334 g/mol. The number of piperazine rings is 1. The molecule has 1 aliphatic heterocycles. The second-order valence-corrected chi connectivity index (χ2v) is 5.81. The largest absolute Gasteiger partial charge is 0.478 e. The van der Waals surface area contributed by atoms with Crippen molar-refractivity contribution in [3.8, 4) is 0 Å². The number of esters is 1. The molecule has 0 saturated carbocycles. The minimum Gasteiger partial charge on any atom is -0.478 e. The fourth-order valence-corrected chi connectivity index (χ4v) is 2.51. The number of hydrogen-bond acceptors (Lipinski definition) is 5. The minimum absolute atomic E-state index is 0.000408. The summed E-state index contributed by atoms with van der Waals surface area (Å²) >= 11 is 0. The van der Waals surface area contributed by atoms with Crippen LogP contribution in [0.15, 0.2) is 24.3 Å². The highest BCUT2D eigenvalue weighted by atomic mass is 16.5. The molecule has 1 amide bonds. The third-order valence-electron chi connectivity index (χ3n) is 4.04. The van der Waals surface area contributed by atoms with Crippen LogP contribution in [-0.4, -0.2) is 66.0 Å². The molecule has 130 valence electrons. The number of aromatic carboxylic acids is 1. The molecule has 1 aliphatic rings. The van der Waals surface area contributed by atoms with Gasteiger partial charge in [0.2, 0.25) is 5.91 Å². The third kappa shape index (κ3) is 5.06. The van der Waals surface area contributed by atoms with Crippen LogP contribution >= 0.6 is 0 Å². The fourth-order valence-electron chi connectivity index (χ4n) is 2.51. The predicted octanol–water partition coefficient (Wildman–Crippen LogP) is 0.982. The van der Waals surface area contributed by atoms with E-state index in [1.807, 2.05) is 7.05 Å². The molecule has 7 nitrogen and oxygen atoms in total. The third-order valence-corrected chi connectivity index (χ3v) is 4.04. The predicted molar refractivity (Wildman–Crippen MR) is 86.5 cm³/mol. The van der Waals surface area contributed by atoms with Gasteiger partial charge in [-0.05, 0) is 13.1 Å². The maximum absolute atomic E-state index is 12.0. The molecule has 1 heterocycles.